The zero-order chi connectivity index (χ0) is 37.6. The van der Waals surface area contributed by atoms with Gasteiger partial charge in [0.2, 0.25) is 5.91 Å². The third-order valence-electron chi connectivity index (χ3n) is 10.7. The first-order valence-corrected chi connectivity index (χ1v) is 18.8. The van der Waals surface area contributed by atoms with Crippen molar-refractivity contribution in [3.63, 3.8) is 0 Å². The minimum Gasteiger partial charge on any atom is -0.457 e. The van der Waals surface area contributed by atoms with Crippen LogP contribution in [0.1, 0.15) is 48.3 Å². The summed E-state index contributed by atoms with van der Waals surface area (Å²) in [5.41, 5.74) is 4.32. The third kappa shape index (κ3) is 8.35. The number of rotatable bonds is 10. The third-order valence-corrected chi connectivity index (χ3v) is 10.7. The average molecular weight is 740 g/mol. The van der Waals surface area contributed by atoms with E-state index in [4.69, 9.17) is 14.2 Å². The quantitative estimate of drug-likeness (QED) is 0.116. The summed E-state index contributed by atoms with van der Waals surface area (Å²) in [5.74, 6) is 1.50. The first kappa shape index (κ1) is 36.3. The highest BCUT2D eigenvalue weighted by molar-refractivity contribution is 5.99. The van der Waals surface area contributed by atoms with E-state index >= 15 is 0 Å². The Balaban J connectivity index is 0.933. The first-order chi connectivity index (χ1) is 26.9. The van der Waals surface area contributed by atoms with Gasteiger partial charge in [-0.05, 0) is 84.6 Å². The highest BCUT2D eigenvalue weighted by Gasteiger charge is 2.50. The van der Waals surface area contributed by atoms with Crippen LogP contribution < -0.4 is 25.6 Å². The number of anilines is 3. The van der Waals surface area contributed by atoms with E-state index in [-0.39, 0.29) is 30.8 Å². The summed E-state index contributed by atoms with van der Waals surface area (Å²) in [4.78, 5) is 30.9. The molecule has 3 fully saturated rings. The van der Waals surface area contributed by atoms with E-state index in [0.29, 0.717) is 49.6 Å². The number of aliphatic hydroxyl groups excluding tert-OH is 1. The van der Waals surface area contributed by atoms with Gasteiger partial charge in [0, 0.05) is 48.7 Å². The van der Waals surface area contributed by atoms with Crippen molar-refractivity contribution in [2.45, 2.75) is 49.9 Å². The molecule has 3 amide bonds. The number of ether oxygens (including phenoxy) is 3. The molecule has 0 radical (unpaired) electrons. The van der Waals surface area contributed by atoms with Gasteiger partial charge in [0.05, 0.1) is 25.5 Å². The molecule has 3 aliphatic heterocycles. The second kappa shape index (κ2) is 16.3. The van der Waals surface area contributed by atoms with Gasteiger partial charge in [-0.2, -0.15) is 0 Å². The Hall–Kier alpha value is -5.72. The molecule has 55 heavy (non-hydrogen) atoms. The lowest BCUT2D eigenvalue weighted by Crippen LogP contribution is -2.57. The largest absolute Gasteiger partial charge is 0.457 e. The molecule has 0 aliphatic carbocycles. The molecule has 3 aliphatic rings. The number of benzene rings is 5. The maximum atomic E-state index is 13.3. The van der Waals surface area contributed by atoms with Gasteiger partial charge in [-0.3, -0.25) is 4.79 Å². The molecule has 4 N–H and O–H groups in total. The fourth-order valence-electron chi connectivity index (χ4n) is 7.75. The lowest BCUT2D eigenvalue weighted by molar-refractivity contribution is -0.253. The van der Waals surface area contributed by atoms with Gasteiger partial charge in [0.25, 0.3) is 0 Å². The van der Waals surface area contributed by atoms with E-state index in [9.17, 15) is 14.7 Å². The fourth-order valence-corrected chi connectivity index (χ4v) is 7.75. The molecule has 0 saturated carbocycles. The van der Waals surface area contributed by atoms with Gasteiger partial charge in [-0.15, -0.1) is 0 Å². The summed E-state index contributed by atoms with van der Waals surface area (Å²) in [6, 6.07) is 41.8. The van der Waals surface area contributed by atoms with Crippen LogP contribution in [-0.2, 0) is 20.9 Å². The summed E-state index contributed by atoms with van der Waals surface area (Å²) in [6.07, 6.45) is 0.973. The van der Waals surface area contributed by atoms with Crippen LogP contribution in [0.25, 0.3) is 0 Å². The Morgan fingerprint density at radius 2 is 1.47 bits per heavy atom. The number of likely N-dealkylation sites (tertiary alicyclic amines) is 1. The van der Waals surface area contributed by atoms with Crippen molar-refractivity contribution >= 4 is 29.0 Å². The van der Waals surface area contributed by atoms with Crippen LogP contribution in [0.5, 0.6) is 11.5 Å². The van der Waals surface area contributed by atoms with Crippen LogP contribution in [0.4, 0.5) is 21.9 Å². The molecular weight excluding hydrogens is 695 g/mol. The van der Waals surface area contributed by atoms with E-state index in [1.165, 1.54) is 0 Å². The van der Waals surface area contributed by atoms with Crippen LogP contribution in [0.2, 0.25) is 0 Å². The van der Waals surface area contributed by atoms with Crippen LogP contribution >= 0.6 is 0 Å². The smallest absolute Gasteiger partial charge is 0.323 e. The number of hydrogen-bond donors (Lipinski definition) is 4. The van der Waals surface area contributed by atoms with Gasteiger partial charge < -0.3 is 45.1 Å². The predicted molar refractivity (Wildman–Crippen MR) is 211 cm³/mol. The molecule has 5 aromatic carbocycles. The molecule has 282 valence electrons. The van der Waals surface area contributed by atoms with E-state index < -0.39 is 11.8 Å². The number of para-hydroxylation sites is 2. The van der Waals surface area contributed by atoms with Crippen LogP contribution in [0.15, 0.2) is 133 Å². The summed E-state index contributed by atoms with van der Waals surface area (Å²) in [6.45, 7) is 2.68. The van der Waals surface area contributed by atoms with Gasteiger partial charge in [0.15, 0.2) is 6.29 Å². The molecule has 8 rings (SSSR count). The zero-order valence-corrected chi connectivity index (χ0v) is 30.5. The Bertz CT molecular complexity index is 2060. The molecule has 3 heterocycles. The van der Waals surface area contributed by atoms with Crippen LogP contribution in [0, 0.1) is 0 Å². The lowest BCUT2D eigenvalue weighted by Gasteiger charge is -2.45. The molecule has 3 saturated heterocycles. The molecule has 0 unspecified atom stereocenters. The molecular formula is C44H45N5O6. The number of nitrogens with one attached hydrogen (secondary N) is 3. The van der Waals surface area contributed by atoms with Gasteiger partial charge >= 0.3 is 6.03 Å². The topological polar surface area (TPSA) is 125 Å². The monoisotopic (exact) mass is 739 g/mol. The maximum Gasteiger partial charge on any atom is 0.323 e. The number of carbonyl (C=O) groups excluding carboxylic acids is 2. The molecule has 11 heteroatoms. The Morgan fingerprint density at radius 3 is 2.20 bits per heavy atom. The summed E-state index contributed by atoms with van der Waals surface area (Å²) >= 11 is 0. The normalized spacial score (nSPS) is 20.9. The Kier molecular flexibility index (Phi) is 10.8. The van der Waals surface area contributed by atoms with Crippen molar-refractivity contribution in [2.24, 2.45) is 0 Å². The van der Waals surface area contributed by atoms with E-state index in [2.05, 4.69) is 37.9 Å². The average Bonchev–Trinajstić information content (AvgIpc) is 3.54. The Labute approximate surface area is 320 Å². The number of urea groups is 1. The van der Waals surface area contributed by atoms with Crippen molar-refractivity contribution in [3.05, 3.63) is 150 Å². The summed E-state index contributed by atoms with van der Waals surface area (Å²) < 4.78 is 19.1. The SMILES string of the molecule is O=C(Nc1ccc(Oc2ccccc2)cc1)Nc1cccc([C@@H]2O[C@H](CN3CCC4(CC3)C(=O)NCN4c3ccccc3)C[C@H](c3ccc(CO)cc3)O2)c1. The highest BCUT2D eigenvalue weighted by atomic mass is 16.7. The van der Waals surface area contributed by atoms with Crippen LogP contribution in [0.3, 0.4) is 0 Å². The molecule has 0 aromatic heterocycles. The number of nitrogens with zero attached hydrogens (tertiary/aromatic N) is 2. The second-order valence-electron chi connectivity index (χ2n) is 14.3. The highest BCUT2D eigenvalue weighted by Crippen LogP contribution is 2.40. The molecule has 1 spiro atoms. The summed E-state index contributed by atoms with van der Waals surface area (Å²) in [7, 11) is 0. The van der Waals surface area contributed by atoms with E-state index in [0.717, 1.165) is 41.2 Å². The van der Waals surface area contributed by atoms with Gasteiger partial charge in [0.1, 0.15) is 17.0 Å². The van der Waals surface area contributed by atoms with E-state index in [1.54, 1.807) is 24.3 Å². The molecule has 5 aromatic rings. The number of piperidine rings is 1. The predicted octanol–water partition coefficient (Wildman–Crippen LogP) is 7.59. The minimum atomic E-state index is -0.687. The van der Waals surface area contributed by atoms with Crippen molar-refractivity contribution in [2.75, 3.05) is 41.8 Å². The lowest BCUT2D eigenvalue weighted by atomic mass is 9.85. The number of hydrogen-bond acceptors (Lipinski definition) is 8. The van der Waals surface area contributed by atoms with Gasteiger partial charge in [-0.25, -0.2) is 4.79 Å². The van der Waals surface area contributed by atoms with Crippen molar-refractivity contribution in [1.29, 1.82) is 0 Å². The molecule has 0 bridgehead atoms. The standard InChI is InChI=1S/C44H45N5O6/c50-29-31-14-16-32(17-15-31)40-27-39(28-48-24-22-44(23-25-48)42(51)45-30-49(44)36-10-3-1-4-11-36)54-41(55-40)33-8-7-9-35(26-33)47-43(52)46-34-18-20-38(21-19-34)53-37-12-5-2-6-13-37/h1-21,26,39-41,50H,22-25,27-30H2,(H,45,51)(H2,46,47,52)/t39-,40+,41+/m0/s1. The maximum absolute atomic E-state index is 13.3. The second-order valence-corrected chi connectivity index (χ2v) is 14.3. The van der Waals surface area contributed by atoms with Gasteiger partial charge in [-0.1, -0.05) is 72.8 Å². The fraction of sp³-hybridized carbons (Fsp3) is 0.273. The zero-order valence-electron chi connectivity index (χ0n) is 30.5. The first-order valence-electron chi connectivity index (χ1n) is 18.8. The number of amides is 3. The number of aliphatic hydroxyl groups is 1. The van der Waals surface area contributed by atoms with E-state index in [1.807, 2.05) is 97.1 Å². The van der Waals surface area contributed by atoms with Crippen molar-refractivity contribution < 1.29 is 28.9 Å². The van der Waals surface area contributed by atoms with Crippen LogP contribution in [-0.4, -0.2) is 59.9 Å². The number of carbonyl (C=O) groups is 2. The summed E-state index contributed by atoms with van der Waals surface area (Å²) in [5, 5.41) is 18.6. The Morgan fingerprint density at radius 1 is 0.782 bits per heavy atom. The minimum absolute atomic E-state index is 0.0301. The molecule has 3 atom stereocenters. The van der Waals surface area contributed by atoms with Crippen molar-refractivity contribution in [1.82, 2.24) is 10.2 Å². The van der Waals surface area contributed by atoms with Crippen molar-refractivity contribution in [3.8, 4) is 11.5 Å². The molecule has 11 nitrogen and oxygen atoms in total.